The first kappa shape index (κ1) is 22.5. The maximum atomic E-state index is 12.5. The normalized spacial score (nSPS) is 10.6. The van der Waals surface area contributed by atoms with Crippen molar-refractivity contribution in [3.8, 4) is 17.2 Å². The monoisotopic (exact) mass is 443 g/mol. The lowest BCUT2D eigenvalue weighted by atomic mass is 10.2. The Kier molecular flexibility index (Phi) is 7.80. The molecule has 0 saturated carbocycles. The Labute approximate surface area is 185 Å². The molecule has 31 heavy (non-hydrogen) atoms. The number of nitrogens with zero attached hydrogens (tertiary/aromatic N) is 2. The Bertz CT molecular complexity index is 1020. The molecule has 1 amide bonds. The van der Waals surface area contributed by atoms with Gasteiger partial charge in [-0.2, -0.15) is 0 Å². The number of hydrogen-bond acceptors (Lipinski definition) is 7. The molecule has 8 nitrogen and oxygen atoms in total. The van der Waals surface area contributed by atoms with Crippen LogP contribution in [0, 0.1) is 0 Å². The fourth-order valence-corrected chi connectivity index (χ4v) is 3.70. The van der Waals surface area contributed by atoms with E-state index in [1.165, 1.54) is 18.9 Å². The highest BCUT2D eigenvalue weighted by molar-refractivity contribution is 7.99. The first-order valence-electron chi connectivity index (χ1n) is 9.50. The fraction of sp³-hybridized carbons (Fsp3) is 0.273. The van der Waals surface area contributed by atoms with Gasteiger partial charge in [0.25, 0.3) is 0 Å². The highest BCUT2D eigenvalue weighted by Gasteiger charge is 2.13. The van der Waals surface area contributed by atoms with Gasteiger partial charge in [0.1, 0.15) is 17.2 Å². The zero-order valence-corrected chi connectivity index (χ0v) is 18.4. The second-order valence-corrected chi connectivity index (χ2v) is 7.49. The molecule has 9 heteroatoms. The third-order valence-corrected chi connectivity index (χ3v) is 5.47. The average Bonchev–Trinajstić information content (AvgIpc) is 3.20. The summed E-state index contributed by atoms with van der Waals surface area (Å²) >= 11 is 1.30. The summed E-state index contributed by atoms with van der Waals surface area (Å²) in [6.45, 7) is 0.395. The molecular weight excluding hydrogens is 418 g/mol. The van der Waals surface area contributed by atoms with E-state index in [-0.39, 0.29) is 18.3 Å². The van der Waals surface area contributed by atoms with Crippen LogP contribution in [0.15, 0.2) is 53.8 Å². The van der Waals surface area contributed by atoms with Crippen LogP contribution in [0.3, 0.4) is 0 Å². The van der Waals surface area contributed by atoms with Crippen LogP contribution in [0.2, 0.25) is 0 Å². The second-order valence-electron chi connectivity index (χ2n) is 6.55. The van der Waals surface area contributed by atoms with E-state index in [1.54, 1.807) is 38.6 Å². The predicted octanol–water partition coefficient (Wildman–Crippen LogP) is 3.18. The number of hydrogen-bond donors (Lipinski definition) is 2. The van der Waals surface area contributed by atoms with Crippen LogP contribution >= 0.6 is 11.8 Å². The molecule has 3 rings (SSSR count). The van der Waals surface area contributed by atoms with Gasteiger partial charge >= 0.3 is 0 Å². The number of anilines is 1. The van der Waals surface area contributed by atoms with E-state index in [1.807, 2.05) is 28.8 Å². The summed E-state index contributed by atoms with van der Waals surface area (Å²) in [6, 6.07) is 12.9. The smallest absolute Gasteiger partial charge is 0.234 e. The molecule has 2 N–H and O–H groups in total. The molecule has 1 aromatic heterocycles. The number of aromatic nitrogens is 2. The van der Waals surface area contributed by atoms with Crippen LogP contribution in [0.4, 0.5) is 5.69 Å². The lowest BCUT2D eigenvalue weighted by molar-refractivity contribution is -0.113. The molecule has 0 unspecified atom stereocenters. The largest absolute Gasteiger partial charge is 0.497 e. The molecule has 3 aromatic rings. The van der Waals surface area contributed by atoms with Crippen LogP contribution in [0.1, 0.15) is 11.3 Å². The number of methoxy groups -OCH3 is 3. The molecule has 0 aliphatic rings. The van der Waals surface area contributed by atoms with Gasteiger partial charge in [-0.25, -0.2) is 4.98 Å². The summed E-state index contributed by atoms with van der Waals surface area (Å²) in [5.74, 6) is 1.89. The lowest BCUT2D eigenvalue weighted by Crippen LogP contribution is -2.15. The Morgan fingerprint density at radius 1 is 1.06 bits per heavy atom. The van der Waals surface area contributed by atoms with E-state index < -0.39 is 0 Å². The van der Waals surface area contributed by atoms with Gasteiger partial charge in [0, 0.05) is 18.8 Å². The van der Waals surface area contributed by atoms with Crippen molar-refractivity contribution in [2.24, 2.45) is 0 Å². The maximum absolute atomic E-state index is 12.5. The second kappa shape index (κ2) is 10.7. The van der Waals surface area contributed by atoms with Crippen molar-refractivity contribution in [3.63, 3.8) is 0 Å². The van der Waals surface area contributed by atoms with Gasteiger partial charge in [0.15, 0.2) is 5.16 Å². The standard InChI is InChI=1S/C22H25N3O5S/c1-28-17-6-4-15(5-7-17)11-25-12-16(13-26)23-22(25)31-14-21(27)24-19-9-8-18(29-2)10-20(19)30-3/h4-10,12,26H,11,13-14H2,1-3H3,(H,24,27). The zero-order chi connectivity index (χ0) is 22.2. The van der Waals surface area contributed by atoms with E-state index in [0.717, 1.165) is 11.3 Å². The number of carbonyl (C=O) groups excluding carboxylic acids is 1. The molecule has 0 fully saturated rings. The topological polar surface area (TPSA) is 94.8 Å². The quantitative estimate of drug-likeness (QED) is 0.465. The van der Waals surface area contributed by atoms with Crippen molar-refractivity contribution < 1.29 is 24.1 Å². The summed E-state index contributed by atoms with van der Waals surface area (Å²) < 4.78 is 17.6. The highest BCUT2D eigenvalue weighted by atomic mass is 32.2. The van der Waals surface area contributed by atoms with Crippen LogP contribution in [-0.4, -0.2) is 47.6 Å². The summed E-state index contributed by atoms with van der Waals surface area (Å²) in [4.78, 5) is 16.9. The molecule has 2 aromatic carbocycles. The lowest BCUT2D eigenvalue weighted by Gasteiger charge is -2.12. The van der Waals surface area contributed by atoms with Crippen molar-refractivity contribution in [1.82, 2.24) is 9.55 Å². The van der Waals surface area contributed by atoms with Crippen LogP contribution in [0.5, 0.6) is 17.2 Å². The molecule has 0 aliphatic heterocycles. The Hall–Kier alpha value is -3.17. The minimum atomic E-state index is -0.196. The highest BCUT2D eigenvalue weighted by Crippen LogP contribution is 2.29. The number of thioether (sulfide) groups is 1. The molecule has 0 aliphatic carbocycles. The average molecular weight is 444 g/mol. The van der Waals surface area contributed by atoms with E-state index in [0.29, 0.717) is 34.6 Å². The van der Waals surface area contributed by atoms with Crippen molar-refractivity contribution in [1.29, 1.82) is 0 Å². The number of aliphatic hydroxyl groups is 1. The van der Waals surface area contributed by atoms with Crippen molar-refractivity contribution in [2.75, 3.05) is 32.4 Å². The number of aliphatic hydroxyl groups excluding tert-OH is 1. The van der Waals surface area contributed by atoms with E-state index >= 15 is 0 Å². The zero-order valence-electron chi connectivity index (χ0n) is 17.6. The summed E-state index contributed by atoms with van der Waals surface area (Å²) in [5.41, 5.74) is 2.16. The molecule has 0 bridgehead atoms. The van der Waals surface area contributed by atoms with Crippen LogP contribution < -0.4 is 19.5 Å². The van der Waals surface area contributed by atoms with Gasteiger partial charge in [-0.1, -0.05) is 23.9 Å². The first-order valence-corrected chi connectivity index (χ1v) is 10.5. The number of carbonyl (C=O) groups is 1. The SMILES string of the molecule is COc1ccc(Cn2cc(CO)nc2SCC(=O)Nc2ccc(OC)cc2OC)cc1. The minimum Gasteiger partial charge on any atom is -0.497 e. The van der Waals surface area contributed by atoms with E-state index in [9.17, 15) is 9.90 Å². The molecule has 164 valence electrons. The number of rotatable bonds is 10. The van der Waals surface area contributed by atoms with Gasteiger partial charge < -0.3 is 29.2 Å². The number of benzene rings is 2. The van der Waals surface area contributed by atoms with E-state index in [2.05, 4.69) is 10.3 Å². The number of nitrogens with one attached hydrogen (secondary N) is 1. The van der Waals surface area contributed by atoms with Crippen molar-refractivity contribution >= 4 is 23.4 Å². The Morgan fingerprint density at radius 3 is 2.42 bits per heavy atom. The minimum absolute atomic E-state index is 0.152. The number of imidazole rings is 1. The Balaban J connectivity index is 1.66. The molecule has 0 saturated heterocycles. The first-order chi connectivity index (χ1) is 15.1. The summed E-state index contributed by atoms with van der Waals surface area (Å²) in [5, 5.41) is 13.0. The van der Waals surface area contributed by atoms with Gasteiger partial charge in [0.05, 0.1) is 45.1 Å². The molecule has 0 radical (unpaired) electrons. The van der Waals surface area contributed by atoms with Crippen molar-refractivity contribution in [3.05, 3.63) is 59.9 Å². The Morgan fingerprint density at radius 2 is 1.77 bits per heavy atom. The maximum Gasteiger partial charge on any atom is 0.234 e. The van der Waals surface area contributed by atoms with Gasteiger partial charge in [-0.15, -0.1) is 0 Å². The molecule has 1 heterocycles. The predicted molar refractivity (Wildman–Crippen MR) is 119 cm³/mol. The number of amides is 1. The molecule has 0 spiro atoms. The summed E-state index contributed by atoms with van der Waals surface area (Å²) in [7, 11) is 4.73. The molecule has 0 atom stereocenters. The van der Waals surface area contributed by atoms with Gasteiger partial charge in [-0.3, -0.25) is 4.79 Å². The third-order valence-electron chi connectivity index (χ3n) is 4.48. The third kappa shape index (κ3) is 5.93. The van der Waals surface area contributed by atoms with Crippen molar-refractivity contribution in [2.45, 2.75) is 18.3 Å². The van der Waals surface area contributed by atoms with Crippen LogP contribution in [-0.2, 0) is 17.9 Å². The van der Waals surface area contributed by atoms with Gasteiger partial charge in [-0.05, 0) is 29.8 Å². The van der Waals surface area contributed by atoms with Gasteiger partial charge in [0.2, 0.25) is 5.91 Å². The summed E-state index contributed by atoms with van der Waals surface area (Å²) in [6.07, 6.45) is 1.79. The number of ether oxygens (including phenoxy) is 3. The molecular formula is C22H25N3O5S. The van der Waals surface area contributed by atoms with E-state index in [4.69, 9.17) is 14.2 Å². The fourth-order valence-electron chi connectivity index (χ4n) is 2.90. The van der Waals surface area contributed by atoms with Crippen LogP contribution in [0.25, 0.3) is 0 Å².